The monoisotopic (exact) mass is 341 g/mol. The summed E-state index contributed by atoms with van der Waals surface area (Å²) in [4.78, 5) is 6.85. The number of rotatable bonds is 3. The quantitative estimate of drug-likeness (QED) is 0.763. The van der Waals surface area contributed by atoms with Gasteiger partial charge in [0.05, 0.1) is 21.1 Å². The topological polar surface area (TPSA) is 74.8 Å². The van der Waals surface area contributed by atoms with Crippen LogP contribution in [0.1, 0.15) is 0 Å². The van der Waals surface area contributed by atoms with E-state index >= 15 is 0 Å². The third-order valence-corrected chi connectivity index (χ3v) is 5.10. The van der Waals surface area contributed by atoms with Crippen molar-refractivity contribution in [3.8, 4) is 0 Å². The van der Waals surface area contributed by atoms with Crippen LogP contribution in [0.2, 0.25) is 10.0 Å². The molecule has 0 saturated heterocycles. The number of fused-ring (bicyclic) bond motifs is 1. The molecular formula is C13H9Cl2N3O2S. The summed E-state index contributed by atoms with van der Waals surface area (Å²) >= 11 is 11.8. The summed E-state index contributed by atoms with van der Waals surface area (Å²) in [6.07, 6.45) is 0. The molecule has 2 N–H and O–H groups in total. The van der Waals surface area contributed by atoms with Gasteiger partial charge in [0.1, 0.15) is 4.90 Å². The smallest absolute Gasteiger partial charge is 0.267 e. The molecule has 3 rings (SSSR count). The van der Waals surface area contributed by atoms with Crippen molar-refractivity contribution < 1.29 is 8.42 Å². The van der Waals surface area contributed by atoms with Gasteiger partial charge in [0.15, 0.2) is 0 Å². The normalized spacial score (nSPS) is 11.7. The highest BCUT2D eigenvalue weighted by atomic mass is 35.5. The fourth-order valence-corrected chi connectivity index (χ4v) is 4.03. The molecule has 0 aliphatic rings. The van der Waals surface area contributed by atoms with Crippen LogP contribution in [-0.4, -0.2) is 18.4 Å². The summed E-state index contributed by atoms with van der Waals surface area (Å²) in [6.45, 7) is 0. The SMILES string of the molecule is O=S(=O)(Nc1nc2ccccc2[nH]1)c1c(Cl)cccc1Cl. The Morgan fingerprint density at radius 1 is 1.00 bits per heavy atom. The van der Waals surface area contributed by atoms with E-state index in [1.807, 2.05) is 12.1 Å². The van der Waals surface area contributed by atoms with Crippen molar-refractivity contribution in [2.45, 2.75) is 4.90 Å². The van der Waals surface area contributed by atoms with Crippen LogP contribution in [0.25, 0.3) is 11.0 Å². The van der Waals surface area contributed by atoms with Gasteiger partial charge in [0.2, 0.25) is 5.95 Å². The van der Waals surface area contributed by atoms with Crippen molar-refractivity contribution in [3.63, 3.8) is 0 Å². The van der Waals surface area contributed by atoms with Crippen LogP contribution < -0.4 is 4.72 Å². The lowest BCUT2D eigenvalue weighted by molar-refractivity contribution is 0.601. The van der Waals surface area contributed by atoms with Crippen LogP contribution >= 0.6 is 23.2 Å². The van der Waals surface area contributed by atoms with Gasteiger partial charge in [-0.1, -0.05) is 41.4 Å². The third-order valence-electron chi connectivity index (χ3n) is 2.81. The fourth-order valence-electron chi connectivity index (χ4n) is 1.92. The van der Waals surface area contributed by atoms with Gasteiger partial charge in [-0.25, -0.2) is 18.1 Å². The van der Waals surface area contributed by atoms with Gasteiger partial charge in [-0.15, -0.1) is 0 Å². The van der Waals surface area contributed by atoms with Crippen LogP contribution in [0.3, 0.4) is 0 Å². The number of benzene rings is 2. The fraction of sp³-hybridized carbons (Fsp3) is 0. The van der Waals surface area contributed by atoms with Crippen LogP contribution in [-0.2, 0) is 10.0 Å². The van der Waals surface area contributed by atoms with Crippen molar-refractivity contribution in [2.75, 3.05) is 4.72 Å². The number of sulfonamides is 1. The second-order valence-electron chi connectivity index (χ2n) is 4.26. The van der Waals surface area contributed by atoms with E-state index in [4.69, 9.17) is 23.2 Å². The van der Waals surface area contributed by atoms with Gasteiger partial charge < -0.3 is 4.98 Å². The number of aromatic nitrogens is 2. The van der Waals surface area contributed by atoms with Crippen LogP contribution in [0.15, 0.2) is 47.4 Å². The zero-order chi connectivity index (χ0) is 15.0. The summed E-state index contributed by atoms with van der Waals surface area (Å²) in [7, 11) is -3.93. The highest BCUT2D eigenvalue weighted by Gasteiger charge is 2.22. The molecule has 8 heteroatoms. The zero-order valence-electron chi connectivity index (χ0n) is 10.5. The molecule has 5 nitrogen and oxygen atoms in total. The molecule has 2 aromatic carbocycles. The molecule has 0 bridgehead atoms. The van der Waals surface area contributed by atoms with E-state index in [1.165, 1.54) is 12.1 Å². The molecule has 0 aliphatic carbocycles. The molecule has 1 aromatic heterocycles. The van der Waals surface area contributed by atoms with Gasteiger partial charge in [0.25, 0.3) is 10.0 Å². The summed E-state index contributed by atoms with van der Waals surface area (Å²) in [5, 5.41) is 0.0947. The molecule has 0 fully saturated rings. The Labute approximate surface area is 131 Å². The predicted octanol–water partition coefficient (Wildman–Crippen LogP) is 3.67. The molecule has 3 aromatic rings. The Balaban J connectivity index is 2.03. The Kier molecular flexibility index (Phi) is 3.52. The summed E-state index contributed by atoms with van der Waals surface area (Å²) in [5.41, 5.74) is 1.38. The van der Waals surface area contributed by atoms with E-state index < -0.39 is 10.0 Å². The number of halogens is 2. The van der Waals surface area contributed by atoms with E-state index in [1.54, 1.807) is 18.2 Å². The second-order valence-corrected chi connectivity index (χ2v) is 6.69. The van der Waals surface area contributed by atoms with Crippen molar-refractivity contribution >= 4 is 50.2 Å². The van der Waals surface area contributed by atoms with Gasteiger partial charge in [-0.2, -0.15) is 0 Å². The average Bonchev–Trinajstić information content (AvgIpc) is 2.79. The first-order chi connectivity index (χ1) is 9.97. The first-order valence-electron chi connectivity index (χ1n) is 5.89. The Hall–Kier alpha value is -1.76. The number of H-pyrrole nitrogens is 1. The predicted molar refractivity (Wildman–Crippen MR) is 83.4 cm³/mol. The molecule has 0 unspecified atom stereocenters. The number of nitrogens with zero attached hydrogens (tertiary/aromatic N) is 1. The van der Waals surface area contributed by atoms with E-state index in [2.05, 4.69) is 14.7 Å². The Bertz CT molecular complexity index is 869. The van der Waals surface area contributed by atoms with Crippen LogP contribution in [0.5, 0.6) is 0 Å². The van der Waals surface area contributed by atoms with Gasteiger partial charge >= 0.3 is 0 Å². The van der Waals surface area contributed by atoms with Gasteiger partial charge in [-0.3, -0.25) is 0 Å². The second kappa shape index (κ2) is 5.22. The lowest BCUT2D eigenvalue weighted by Gasteiger charge is -2.08. The molecule has 0 aliphatic heterocycles. The number of anilines is 1. The number of nitrogens with one attached hydrogen (secondary N) is 2. The highest BCUT2D eigenvalue weighted by molar-refractivity contribution is 7.93. The molecule has 21 heavy (non-hydrogen) atoms. The standard InChI is InChI=1S/C13H9Cl2N3O2S/c14-8-4-3-5-9(15)12(8)21(19,20)18-13-16-10-6-1-2-7-11(10)17-13/h1-7H,(H2,16,17,18). The molecule has 108 valence electrons. The van der Waals surface area contributed by atoms with Crippen molar-refractivity contribution in [1.82, 2.24) is 9.97 Å². The van der Waals surface area contributed by atoms with E-state index in [-0.39, 0.29) is 20.9 Å². The van der Waals surface area contributed by atoms with E-state index in [0.717, 1.165) is 5.52 Å². The molecule has 0 amide bonds. The number of imidazole rings is 1. The lowest BCUT2D eigenvalue weighted by atomic mass is 10.3. The summed E-state index contributed by atoms with van der Waals surface area (Å²) < 4.78 is 27.1. The summed E-state index contributed by atoms with van der Waals surface area (Å²) in [5.74, 6) is 0.104. The maximum atomic E-state index is 12.4. The van der Waals surface area contributed by atoms with E-state index in [0.29, 0.717) is 5.52 Å². The molecular weight excluding hydrogens is 333 g/mol. The number of hydrogen-bond donors (Lipinski definition) is 2. The van der Waals surface area contributed by atoms with Gasteiger partial charge in [0, 0.05) is 0 Å². The maximum absolute atomic E-state index is 12.4. The molecule has 0 radical (unpaired) electrons. The first kappa shape index (κ1) is 14.2. The van der Waals surface area contributed by atoms with Crippen molar-refractivity contribution in [3.05, 3.63) is 52.5 Å². The minimum atomic E-state index is -3.93. The first-order valence-corrected chi connectivity index (χ1v) is 8.13. The van der Waals surface area contributed by atoms with Crippen molar-refractivity contribution in [2.24, 2.45) is 0 Å². The largest absolute Gasteiger partial charge is 0.323 e. The maximum Gasteiger partial charge on any atom is 0.267 e. The van der Waals surface area contributed by atoms with Crippen LogP contribution in [0, 0.1) is 0 Å². The van der Waals surface area contributed by atoms with E-state index in [9.17, 15) is 8.42 Å². The molecule has 0 spiro atoms. The van der Waals surface area contributed by atoms with Crippen molar-refractivity contribution in [1.29, 1.82) is 0 Å². The minimum Gasteiger partial charge on any atom is -0.323 e. The minimum absolute atomic E-state index is 0.0473. The molecule has 0 saturated carbocycles. The number of aromatic amines is 1. The zero-order valence-corrected chi connectivity index (χ0v) is 12.8. The molecule has 1 heterocycles. The molecule has 0 atom stereocenters. The number of hydrogen-bond acceptors (Lipinski definition) is 3. The lowest BCUT2D eigenvalue weighted by Crippen LogP contribution is -2.15. The Morgan fingerprint density at radius 3 is 2.33 bits per heavy atom. The average molecular weight is 342 g/mol. The Morgan fingerprint density at radius 2 is 1.67 bits per heavy atom. The highest BCUT2D eigenvalue weighted by Crippen LogP contribution is 2.30. The van der Waals surface area contributed by atoms with Gasteiger partial charge in [-0.05, 0) is 24.3 Å². The third kappa shape index (κ3) is 2.70. The summed E-state index contributed by atoms with van der Waals surface area (Å²) in [6, 6.07) is 11.7. The number of para-hydroxylation sites is 2. The van der Waals surface area contributed by atoms with Crippen LogP contribution in [0.4, 0.5) is 5.95 Å².